The lowest BCUT2D eigenvalue weighted by Gasteiger charge is -2.25. The van der Waals surface area contributed by atoms with Crippen LogP contribution in [0.25, 0.3) is 0 Å². The van der Waals surface area contributed by atoms with Crippen LogP contribution in [-0.2, 0) is 38.5 Å². The molecule has 0 bridgehead atoms. The summed E-state index contributed by atoms with van der Waals surface area (Å²) in [6.45, 7) is 16.2. The van der Waals surface area contributed by atoms with Gasteiger partial charge in [0, 0.05) is 5.92 Å². The second kappa shape index (κ2) is 9.40. The summed E-state index contributed by atoms with van der Waals surface area (Å²) in [6.07, 6.45) is 6.81. The van der Waals surface area contributed by atoms with Crippen LogP contribution < -0.4 is 0 Å². The maximum Gasteiger partial charge on any atom is 0.00666 e. The number of hydrogen-bond acceptors (Lipinski definition) is 0. The lowest BCUT2D eigenvalue weighted by molar-refractivity contribution is 0.840. The van der Waals surface area contributed by atoms with E-state index in [1.807, 2.05) is 0 Å². The van der Waals surface area contributed by atoms with Crippen molar-refractivity contribution in [3.63, 3.8) is 0 Å². The molecule has 142 valence electrons. The molecule has 0 amide bonds. The summed E-state index contributed by atoms with van der Waals surface area (Å²) in [7, 11) is 0. The fourth-order valence-corrected chi connectivity index (χ4v) is 4.88. The Labute approximate surface area is 162 Å². The van der Waals surface area contributed by atoms with Crippen LogP contribution in [-0.4, -0.2) is 0 Å². The molecule has 0 atom stereocenters. The van der Waals surface area contributed by atoms with E-state index >= 15 is 0 Å². The highest BCUT2D eigenvalue weighted by atomic mass is 14.2. The van der Waals surface area contributed by atoms with E-state index in [9.17, 15) is 0 Å². The normalized spacial score (nSPS) is 11.4. The Morgan fingerprint density at radius 2 is 0.846 bits per heavy atom. The largest absolute Gasteiger partial charge is 0.0613 e. The maximum absolute atomic E-state index is 2.42. The second-order valence-corrected chi connectivity index (χ2v) is 7.39. The summed E-state index contributed by atoms with van der Waals surface area (Å²) < 4.78 is 0. The first-order valence-electron chi connectivity index (χ1n) is 10.8. The Kier molecular flexibility index (Phi) is 7.50. The van der Waals surface area contributed by atoms with Crippen LogP contribution in [0.4, 0.5) is 0 Å². The summed E-state index contributed by atoms with van der Waals surface area (Å²) in [5.41, 5.74) is 12.5. The zero-order valence-electron chi connectivity index (χ0n) is 18.1. The Hall–Kier alpha value is -1.56. The van der Waals surface area contributed by atoms with Gasteiger partial charge >= 0.3 is 0 Å². The Morgan fingerprint density at radius 3 is 1.12 bits per heavy atom. The fourth-order valence-electron chi connectivity index (χ4n) is 4.88. The van der Waals surface area contributed by atoms with E-state index in [1.165, 1.54) is 11.1 Å². The molecule has 0 saturated heterocycles. The van der Waals surface area contributed by atoms with Gasteiger partial charge in [-0.1, -0.05) is 72.7 Å². The molecule has 26 heavy (non-hydrogen) atoms. The third-order valence-corrected chi connectivity index (χ3v) is 6.24. The second-order valence-electron chi connectivity index (χ2n) is 7.39. The fraction of sp³-hybridized carbons (Fsp3) is 0.538. The molecule has 0 radical (unpaired) electrons. The summed E-state index contributed by atoms with van der Waals surface area (Å²) in [5.74, 6) is 0.465. The molecule has 2 rings (SSSR count). The molecule has 0 fully saturated rings. The van der Waals surface area contributed by atoms with Crippen molar-refractivity contribution >= 4 is 0 Å². The van der Waals surface area contributed by atoms with Crippen molar-refractivity contribution in [2.75, 3.05) is 0 Å². The van der Waals surface area contributed by atoms with Gasteiger partial charge in [-0.15, -0.1) is 0 Å². The highest BCUT2D eigenvalue weighted by molar-refractivity contribution is 5.50. The van der Waals surface area contributed by atoms with E-state index in [2.05, 4.69) is 72.7 Å². The van der Waals surface area contributed by atoms with Crippen LogP contribution in [0.2, 0.25) is 0 Å². The Balaban J connectivity index is 2.65. The molecule has 0 N–H and O–H groups in total. The van der Waals surface area contributed by atoms with Gasteiger partial charge in [0.15, 0.2) is 0 Å². The summed E-state index contributed by atoms with van der Waals surface area (Å²) in [6, 6.07) is 9.60. The smallest absolute Gasteiger partial charge is 0.00666 e. The van der Waals surface area contributed by atoms with Gasteiger partial charge in [-0.25, -0.2) is 0 Å². The summed E-state index contributed by atoms with van der Waals surface area (Å²) in [4.78, 5) is 0. The van der Waals surface area contributed by atoms with Gasteiger partial charge in [-0.2, -0.15) is 0 Å². The number of aryl methyl sites for hydroxylation is 2. The monoisotopic (exact) mass is 350 g/mol. The van der Waals surface area contributed by atoms with Gasteiger partial charge in [0.25, 0.3) is 0 Å². The minimum atomic E-state index is 0.465. The van der Waals surface area contributed by atoms with E-state index < -0.39 is 0 Å². The molecule has 0 aliphatic carbocycles. The van der Waals surface area contributed by atoms with Gasteiger partial charge in [0.1, 0.15) is 0 Å². The number of hydrogen-bond donors (Lipinski definition) is 0. The third-order valence-electron chi connectivity index (χ3n) is 6.24. The first-order valence-corrected chi connectivity index (χ1v) is 10.8. The molecular formula is C26H38. The van der Waals surface area contributed by atoms with Gasteiger partial charge in [-0.05, 0) is 83.0 Å². The quantitative estimate of drug-likeness (QED) is 0.471. The molecule has 0 aromatic heterocycles. The molecule has 0 heteroatoms. The van der Waals surface area contributed by atoms with Gasteiger partial charge in [0.2, 0.25) is 0 Å². The topological polar surface area (TPSA) is 0 Å². The predicted molar refractivity (Wildman–Crippen MR) is 117 cm³/mol. The number of rotatable bonds is 8. The van der Waals surface area contributed by atoms with Crippen LogP contribution >= 0.6 is 0 Å². The lowest BCUT2D eigenvalue weighted by atomic mass is 9.80. The van der Waals surface area contributed by atoms with Crippen LogP contribution in [0.15, 0.2) is 24.3 Å². The average molecular weight is 351 g/mol. The van der Waals surface area contributed by atoms with Crippen molar-refractivity contribution in [1.82, 2.24) is 0 Å². The highest BCUT2D eigenvalue weighted by Crippen LogP contribution is 2.35. The molecule has 0 nitrogen and oxygen atoms in total. The summed E-state index contributed by atoms with van der Waals surface area (Å²) >= 11 is 0. The maximum atomic E-state index is 2.42. The molecule has 0 aliphatic heterocycles. The van der Waals surface area contributed by atoms with Gasteiger partial charge in [-0.3, -0.25) is 0 Å². The average Bonchev–Trinajstić information content (AvgIpc) is 2.70. The zero-order chi connectivity index (χ0) is 19.3. The Morgan fingerprint density at radius 1 is 0.500 bits per heavy atom. The van der Waals surface area contributed by atoms with Crippen LogP contribution in [0.5, 0.6) is 0 Å². The van der Waals surface area contributed by atoms with Crippen molar-refractivity contribution in [1.29, 1.82) is 0 Å². The Bertz CT molecular complexity index is 673. The van der Waals surface area contributed by atoms with Crippen molar-refractivity contribution in [3.8, 4) is 0 Å². The first-order chi connectivity index (χ1) is 12.6. The minimum absolute atomic E-state index is 0.465. The van der Waals surface area contributed by atoms with Crippen molar-refractivity contribution in [3.05, 3.63) is 68.8 Å². The first kappa shape index (κ1) is 20.7. The molecule has 0 unspecified atom stereocenters. The van der Waals surface area contributed by atoms with E-state index in [0.29, 0.717) is 5.92 Å². The van der Waals surface area contributed by atoms with Crippen molar-refractivity contribution in [2.24, 2.45) is 0 Å². The molecule has 2 aromatic carbocycles. The minimum Gasteiger partial charge on any atom is -0.0613 e. The lowest BCUT2D eigenvalue weighted by Crippen LogP contribution is -2.10. The van der Waals surface area contributed by atoms with Gasteiger partial charge < -0.3 is 0 Å². The van der Waals surface area contributed by atoms with Crippen LogP contribution in [0.1, 0.15) is 98.9 Å². The van der Waals surface area contributed by atoms with Gasteiger partial charge in [0.05, 0.1) is 0 Å². The molecule has 2 aromatic rings. The highest BCUT2D eigenvalue weighted by Gasteiger charge is 2.20. The van der Waals surface area contributed by atoms with E-state index in [0.717, 1.165) is 38.5 Å². The number of benzene rings is 2. The third kappa shape index (κ3) is 3.75. The zero-order valence-corrected chi connectivity index (χ0v) is 18.1. The molecule has 0 spiro atoms. The van der Waals surface area contributed by atoms with E-state index in [-0.39, 0.29) is 0 Å². The molecular weight excluding hydrogens is 312 g/mol. The van der Waals surface area contributed by atoms with Crippen molar-refractivity contribution in [2.45, 2.75) is 92.9 Å². The molecule has 0 heterocycles. The van der Waals surface area contributed by atoms with E-state index in [4.69, 9.17) is 0 Å². The van der Waals surface area contributed by atoms with Crippen LogP contribution in [0.3, 0.4) is 0 Å². The summed E-state index contributed by atoms with van der Waals surface area (Å²) in [5, 5.41) is 0. The standard InChI is InChI=1S/C26H38/c1-8-19-14-16-25(23(12-5)21(19)10-3)18(7)26-17-15-20(9-2)22(11-4)24(26)13-6/h14-18H,8-13H2,1-7H3. The van der Waals surface area contributed by atoms with E-state index in [1.54, 1.807) is 33.4 Å². The molecule has 0 aliphatic rings. The SMILES string of the molecule is CCc1ccc(C(C)c2ccc(CC)c(CC)c2CC)c(CC)c1CC. The predicted octanol–water partition coefficient (Wildman–Crippen LogP) is 7.21. The van der Waals surface area contributed by atoms with Crippen molar-refractivity contribution < 1.29 is 0 Å². The van der Waals surface area contributed by atoms with Crippen LogP contribution in [0, 0.1) is 0 Å². The molecule has 0 saturated carbocycles.